The number of hydrogen-bond donors (Lipinski definition) is 1. The molecule has 4 nitrogen and oxygen atoms in total. The highest BCUT2D eigenvalue weighted by atomic mass is 15.1. The van der Waals surface area contributed by atoms with Crippen molar-refractivity contribution >= 4 is 0 Å². The third-order valence-corrected chi connectivity index (χ3v) is 1.96. The van der Waals surface area contributed by atoms with Gasteiger partial charge in [0.25, 0.3) is 0 Å². The first-order valence-corrected chi connectivity index (χ1v) is 4.51. The van der Waals surface area contributed by atoms with E-state index in [4.69, 9.17) is 0 Å². The zero-order valence-corrected chi connectivity index (χ0v) is 8.62. The first-order valence-electron chi connectivity index (χ1n) is 4.51. The molecule has 0 aliphatic rings. The highest BCUT2D eigenvalue weighted by Gasteiger charge is 1.96. The molecule has 0 fully saturated rings. The second kappa shape index (κ2) is 4.99. The molecule has 0 bridgehead atoms. The molecule has 0 unspecified atom stereocenters. The number of nitrogens with one attached hydrogen (secondary N) is 1. The summed E-state index contributed by atoms with van der Waals surface area (Å²) in [6.07, 6.45) is 3.71. The van der Waals surface area contributed by atoms with Gasteiger partial charge in [-0.1, -0.05) is 0 Å². The molecule has 1 N–H and O–H groups in total. The summed E-state index contributed by atoms with van der Waals surface area (Å²) in [5.74, 6) is 0. The quantitative estimate of drug-likeness (QED) is 0.654. The van der Waals surface area contributed by atoms with Crippen LogP contribution in [0.5, 0.6) is 0 Å². The van der Waals surface area contributed by atoms with Gasteiger partial charge < -0.3 is 14.8 Å². The maximum absolute atomic E-state index is 4.05. The van der Waals surface area contributed by atoms with Gasteiger partial charge in [0, 0.05) is 32.9 Å². The molecule has 4 heteroatoms. The van der Waals surface area contributed by atoms with Gasteiger partial charge in [-0.2, -0.15) is 0 Å². The van der Waals surface area contributed by atoms with E-state index >= 15 is 0 Å². The molecule has 0 saturated carbocycles. The van der Waals surface area contributed by atoms with Crippen LogP contribution in [0.2, 0.25) is 0 Å². The van der Waals surface area contributed by atoms with Gasteiger partial charge in [0.2, 0.25) is 0 Å². The number of hydrogen-bond acceptors (Lipinski definition) is 3. The van der Waals surface area contributed by atoms with Crippen molar-refractivity contribution in [3.05, 3.63) is 18.2 Å². The van der Waals surface area contributed by atoms with Gasteiger partial charge in [-0.15, -0.1) is 0 Å². The van der Waals surface area contributed by atoms with E-state index in [-0.39, 0.29) is 0 Å². The number of nitrogens with zero attached hydrogens (tertiary/aromatic N) is 3. The molecule has 0 aromatic carbocycles. The van der Waals surface area contributed by atoms with Crippen LogP contribution < -0.4 is 5.32 Å². The fourth-order valence-electron chi connectivity index (χ4n) is 1.07. The highest BCUT2D eigenvalue weighted by molar-refractivity contribution is 4.96. The molecule has 0 radical (unpaired) electrons. The summed E-state index contributed by atoms with van der Waals surface area (Å²) in [5, 5.41) is 3.36. The van der Waals surface area contributed by atoms with Crippen molar-refractivity contribution in [3.63, 3.8) is 0 Å². The van der Waals surface area contributed by atoms with Gasteiger partial charge in [-0.25, -0.2) is 4.98 Å². The Bertz CT molecular complexity index is 242. The molecule has 0 saturated heterocycles. The molecule has 1 aromatic rings. The predicted octanol–water partition coefficient (Wildman–Crippen LogP) is 0.0713. The number of aryl methyl sites for hydroxylation is 1. The van der Waals surface area contributed by atoms with Gasteiger partial charge >= 0.3 is 0 Å². The Hall–Kier alpha value is -0.870. The lowest BCUT2D eigenvalue weighted by Crippen LogP contribution is -2.26. The van der Waals surface area contributed by atoms with Crippen LogP contribution in [0.4, 0.5) is 0 Å². The smallest absolute Gasteiger partial charge is 0.0945 e. The lowest BCUT2D eigenvalue weighted by Gasteiger charge is -2.10. The van der Waals surface area contributed by atoms with Crippen LogP contribution in [0.3, 0.4) is 0 Å². The van der Waals surface area contributed by atoms with Crippen molar-refractivity contribution in [1.82, 2.24) is 19.8 Å². The van der Waals surface area contributed by atoms with Gasteiger partial charge in [0.1, 0.15) is 0 Å². The summed E-state index contributed by atoms with van der Waals surface area (Å²) in [6.45, 7) is 2.97. The van der Waals surface area contributed by atoms with E-state index in [1.807, 2.05) is 24.1 Å². The minimum Gasteiger partial charge on any atom is -0.337 e. The molecule has 1 rings (SSSR count). The Labute approximate surface area is 79.6 Å². The third kappa shape index (κ3) is 3.57. The highest BCUT2D eigenvalue weighted by Crippen LogP contribution is 1.94. The van der Waals surface area contributed by atoms with Crippen molar-refractivity contribution < 1.29 is 0 Å². The van der Waals surface area contributed by atoms with E-state index in [2.05, 4.69) is 29.3 Å². The van der Waals surface area contributed by atoms with Crippen molar-refractivity contribution in [2.75, 3.05) is 27.2 Å². The fourth-order valence-corrected chi connectivity index (χ4v) is 1.07. The molecule has 1 heterocycles. The summed E-state index contributed by atoms with van der Waals surface area (Å²) in [4.78, 5) is 6.21. The van der Waals surface area contributed by atoms with Crippen LogP contribution in [0.25, 0.3) is 0 Å². The summed E-state index contributed by atoms with van der Waals surface area (Å²) >= 11 is 0. The zero-order valence-electron chi connectivity index (χ0n) is 8.62. The van der Waals surface area contributed by atoms with E-state index < -0.39 is 0 Å². The first kappa shape index (κ1) is 10.2. The SMILES string of the molecule is CN(C)CCNCc1cncn1C. The molecule has 0 aliphatic heterocycles. The number of imidazole rings is 1. The Kier molecular flexibility index (Phi) is 3.92. The maximum Gasteiger partial charge on any atom is 0.0945 e. The van der Waals surface area contributed by atoms with Crippen molar-refractivity contribution in [3.8, 4) is 0 Å². The van der Waals surface area contributed by atoms with E-state index in [0.717, 1.165) is 19.6 Å². The number of rotatable bonds is 5. The number of aromatic nitrogens is 2. The second-order valence-electron chi connectivity index (χ2n) is 3.48. The number of likely N-dealkylation sites (N-methyl/N-ethyl adjacent to an activating group) is 1. The Morgan fingerprint density at radius 3 is 2.85 bits per heavy atom. The molecule has 0 amide bonds. The van der Waals surface area contributed by atoms with E-state index in [1.54, 1.807) is 0 Å². The predicted molar refractivity (Wildman–Crippen MR) is 53.5 cm³/mol. The van der Waals surface area contributed by atoms with Crippen LogP contribution >= 0.6 is 0 Å². The fraction of sp³-hybridized carbons (Fsp3) is 0.667. The van der Waals surface area contributed by atoms with Gasteiger partial charge in [0.15, 0.2) is 0 Å². The Morgan fingerprint density at radius 1 is 1.54 bits per heavy atom. The summed E-state index contributed by atoms with van der Waals surface area (Å²) in [6, 6.07) is 0. The lowest BCUT2D eigenvalue weighted by atomic mass is 10.4. The minimum atomic E-state index is 0.893. The van der Waals surface area contributed by atoms with Crippen molar-refractivity contribution in [2.24, 2.45) is 7.05 Å². The van der Waals surface area contributed by atoms with Gasteiger partial charge in [-0.3, -0.25) is 0 Å². The van der Waals surface area contributed by atoms with Crippen molar-refractivity contribution in [1.29, 1.82) is 0 Å². The Balaban J connectivity index is 2.17. The van der Waals surface area contributed by atoms with E-state index in [9.17, 15) is 0 Å². The summed E-state index contributed by atoms with van der Waals surface area (Å²) < 4.78 is 2.03. The second-order valence-corrected chi connectivity index (χ2v) is 3.48. The third-order valence-electron chi connectivity index (χ3n) is 1.96. The van der Waals surface area contributed by atoms with Gasteiger partial charge in [0.05, 0.1) is 12.0 Å². The standard InChI is InChI=1S/C9H18N4/c1-12(2)5-4-10-6-9-7-11-8-13(9)3/h7-8,10H,4-6H2,1-3H3. The average molecular weight is 182 g/mol. The van der Waals surface area contributed by atoms with Crippen molar-refractivity contribution in [2.45, 2.75) is 6.54 Å². The maximum atomic E-state index is 4.05. The van der Waals surface area contributed by atoms with Crippen LogP contribution in [0.15, 0.2) is 12.5 Å². The van der Waals surface area contributed by atoms with Crippen LogP contribution in [-0.2, 0) is 13.6 Å². The first-order chi connectivity index (χ1) is 6.20. The van der Waals surface area contributed by atoms with Gasteiger partial charge in [-0.05, 0) is 14.1 Å². The zero-order chi connectivity index (χ0) is 9.68. The van der Waals surface area contributed by atoms with Crippen LogP contribution in [0.1, 0.15) is 5.69 Å². The minimum absolute atomic E-state index is 0.893. The Morgan fingerprint density at radius 2 is 2.31 bits per heavy atom. The normalized spacial score (nSPS) is 11.1. The lowest BCUT2D eigenvalue weighted by molar-refractivity contribution is 0.399. The summed E-state index contributed by atoms with van der Waals surface area (Å²) in [5.41, 5.74) is 1.22. The molecule has 0 spiro atoms. The van der Waals surface area contributed by atoms with Crippen LogP contribution in [0, 0.1) is 0 Å². The molecule has 74 valence electrons. The molecule has 0 aliphatic carbocycles. The molecular formula is C9H18N4. The van der Waals surface area contributed by atoms with Crippen LogP contribution in [-0.4, -0.2) is 41.6 Å². The molecule has 1 aromatic heterocycles. The molecule has 13 heavy (non-hydrogen) atoms. The monoisotopic (exact) mass is 182 g/mol. The molecular weight excluding hydrogens is 164 g/mol. The molecule has 0 atom stereocenters. The largest absolute Gasteiger partial charge is 0.337 e. The van der Waals surface area contributed by atoms with E-state index in [0.29, 0.717) is 0 Å². The summed E-state index contributed by atoms with van der Waals surface area (Å²) in [7, 11) is 6.16. The topological polar surface area (TPSA) is 33.1 Å². The average Bonchev–Trinajstić information content (AvgIpc) is 2.45. The van der Waals surface area contributed by atoms with E-state index in [1.165, 1.54) is 5.69 Å².